The maximum absolute atomic E-state index is 13.2. The summed E-state index contributed by atoms with van der Waals surface area (Å²) in [5.41, 5.74) is 4.20. The van der Waals surface area contributed by atoms with E-state index in [1.807, 2.05) is 19.3 Å². The standard InChI is InChI=1S/C16H11BrFN5/c1-22-9-13(15(21-22)10-2-4-11(18)5-3-10)12-6-7-20-23-14(17)8-19-16(12)23/h2-9H,1H3. The molecule has 5 nitrogen and oxygen atoms in total. The smallest absolute Gasteiger partial charge is 0.162 e. The topological polar surface area (TPSA) is 48.0 Å². The lowest BCUT2D eigenvalue weighted by molar-refractivity contribution is 0.628. The number of aromatic nitrogens is 5. The molecule has 0 atom stereocenters. The van der Waals surface area contributed by atoms with Gasteiger partial charge in [-0.25, -0.2) is 13.9 Å². The molecule has 0 N–H and O–H groups in total. The number of halogens is 2. The van der Waals surface area contributed by atoms with Gasteiger partial charge in [0.1, 0.15) is 16.1 Å². The van der Waals surface area contributed by atoms with Gasteiger partial charge in [-0.2, -0.15) is 10.2 Å². The molecule has 0 radical (unpaired) electrons. The zero-order valence-corrected chi connectivity index (χ0v) is 13.7. The largest absolute Gasteiger partial charge is 0.275 e. The SMILES string of the molecule is Cn1cc(-c2ccnn3c(Br)cnc23)c(-c2ccc(F)cc2)n1. The summed E-state index contributed by atoms with van der Waals surface area (Å²) >= 11 is 3.43. The molecule has 23 heavy (non-hydrogen) atoms. The van der Waals surface area contributed by atoms with Gasteiger partial charge in [-0.15, -0.1) is 0 Å². The Hall–Kier alpha value is -2.54. The third-order valence-electron chi connectivity index (χ3n) is 3.60. The maximum Gasteiger partial charge on any atom is 0.162 e. The summed E-state index contributed by atoms with van der Waals surface area (Å²) < 4.78 is 17.4. The number of aryl methyl sites for hydroxylation is 1. The molecule has 4 aromatic rings. The molecule has 3 heterocycles. The Labute approximate surface area is 139 Å². The van der Waals surface area contributed by atoms with Crippen molar-refractivity contribution in [3.63, 3.8) is 0 Å². The van der Waals surface area contributed by atoms with Crippen LogP contribution in [0.5, 0.6) is 0 Å². The van der Waals surface area contributed by atoms with E-state index in [9.17, 15) is 4.39 Å². The van der Waals surface area contributed by atoms with Crippen LogP contribution in [-0.2, 0) is 7.05 Å². The first-order chi connectivity index (χ1) is 11.1. The molecule has 0 aliphatic rings. The average molecular weight is 372 g/mol. The number of benzene rings is 1. The minimum atomic E-state index is -0.269. The molecule has 0 spiro atoms. The van der Waals surface area contributed by atoms with Crippen LogP contribution in [0, 0.1) is 5.82 Å². The fraction of sp³-hybridized carbons (Fsp3) is 0.0625. The van der Waals surface area contributed by atoms with Crippen LogP contribution in [0.1, 0.15) is 0 Å². The van der Waals surface area contributed by atoms with Gasteiger partial charge in [0.15, 0.2) is 5.65 Å². The number of hydrogen-bond donors (Lipinski definition) is 0. The number of rotatable bonds is 2. The van der Waals surface area contributed by atoms with E-state index < -0.39 is 0 Å². The molecule has 7 heteroatoms. The van der Waals surface area contributed by atoms with E-state index in [0.717, 1.165) is 32.6 Å². The van der Waals surface area contributed by atoms with Gasteiger partial charge in [0.05, 0.1) is 6.20 Å². The van der Waals surface area contributed by atoms with Crippen molar-refractivity contribution < 1.29 is 4.39 Å². The van der Waals surface area contributed by atoms with Crippen LogP contribution < -0.4 is 0 Å². The van der Waals surface area contributed by atoms with E-state index in [2.05, 4.69) is 31.1 Å². The lowest BCUT2D eigenvalue weighted by Gasteiger charge is -2.04. The highest BCUT2D eigenvalue weighted by Gasteiger charge is 2.16. The van der Waals surface area contributed by atoms with Crippen LogP contribution in [-0.4, -0.2) is 24.4 Å². The highest BCUT2D eigenvalue weighted by atomic mass is 79.9. The molecule has 4 rings (SSSR count). The molecule has 0 aliphatic carbocycles. The van der Waals surface area contributed by atoms with E-state index in [4.69, 9.17) is 0 Å². The summed E-state index contributed by atoms with van der Waals surface area (Å²) in [5, 5.41) is 8.80. The summed E-state index contributed by atoms with van der Waals surface area (Å²) in [6.07, 6.45) is 5.35. The zero-order chi connectivity index (χ0) is 16.0. The highest BCUT2D eigenvalue weighted by Crippen LogP contribution is 2.33. The second-order valence-electron chi connectivity index (χ2n) is 5.13. The number of hydrogen-bond acceptors (Lipinski definition) is 3. The molecule has 0 unspecified atom stereocenters. The van der Waals surface area contributed by atoms with E-state index >= 15 is 0 Å². The third kappa shape index (κ3) is 2.33. The van der Waals surface area contributed by atoms with Crippen LogP contribution in [0.25, 0.3) is 28.0 Å². The molecule has 0 saturated heterocycles. The number of imidazole rings is 1. The third-order valence-corrected chi connectivity index (χ3v) is 4.14. The lowest BCUT2D eigenvalue weighted by Crippen LogP contribution is -1.94. The molecule has 1 aromatic carbocycles. The molecule has 114 valence electrons. The number of nitrogens with zero attached hydrogens (tertiary/aromatic N) is 5. The van der Waals surface area contributed by atoms with Gasteiger partial charge in [0.2, 0.25) is 0 Å². The fourth-order valence-corrected chi connectivity index (χ4v) is 2.95. The molecule has 0 amide bonds. The predicted molar refractivity (Wildman–Crippen MR) is 88.3 cm³/mol. The first-order valence-corrected chi connectivity index (χ1v) is 7.71. The maximum atomic E-state index is 13.2. The van der Waals surface area contributed by atoms with Gasteiger partial charge < -0.3 is 0 Å². The summed E-state index contributed by atoms with van der Waals surface area (Å²) in [7, 11) is 1.86. The molecule has 0 aliphatic heterocycles. The van der Waals surface area contributed by atoms with Crippen LogP contribution in [0.3, 0.4) is 0 Å². The van der Waals surface area contributed by atoms with Crippen molar-refractivity contribution in [2.45, 2.75) is 0 Å². The van der Waals surface area contributed by atoms with Gasteiger partial charge in [-0.3, -0.25) is 4.68 Å². The average Bonchev–Trinajstić information content (AvgIpc) is 3.12. The Kier molecular flexibility index (Phi) is 3.23. The second-order valence-corrected chi connectivity index (χ2v) is 5.95. The summed E-state index contributed by atoms with van der Waals surface area (Å²) in [6, 6.07) is 8.21. The fourth-order valence-electron chi connectivity index (χ4n) is 2.58. The Morgan fingerprint density at radius 2 is 1.87 bits per heavy atom. The first kappa shape index (κ1) is 14.1. The van der Waals surface area contributed by atoms with Crippen LogP contribution >= 0.6 is 15.9 Å². The minimum absolute atomic E-state index is 0.269. The minimum Gasteiger partial charge on any atom is -0.275 e. The van der Waals surface area contributed by atoms with Crippen LogP contribution in [0.2, 0.25) is 0 Å². The summed E-state index contributed by atoms with van der Waals surface area (Å²) in [6.45, 7) is 0. The van der Waals surface area contributed by atoms with Crippen molar-refractivity contribution in [1.82, 2.24) is 24.4 Å². The summed E-state index contributed by atoms with van der Waals surface area (Å²) in [5.74, 6) is -0.269. The van der Waals surface area contributed by atoms with Crippen LogP contribution in [0.4, 0.5) is 4.39 Å². The number of fused-ring (bicyclic) bond motifs is 1. The van der Waals surface area contributed by atoms with Gasteiger partial charge in [-0.1, -0.05) is 0 Å². The van der Waals surface area contributed by atoms with Gasteiger partial charge in [0.25, 0.3) is 0 Å². The van der Waals surface area contributed by atoms with Crippen molar-refractivity contribution in [2.24, 2.45) is 7.05 Å². The van der Waals surface area contributed by atoms with Crippen molar-refractivity contribution in [3.8, 4) is 22.4 Å². The molecule has 0 bridgehead atoms. The van der Waals surface area contributed by atoms with Crippen molar-refractivity contribution in [1.29, 1.82) is 0 Å². The van der Waals surface area contributed by atoms with E-state index in [-0.39, 0.29) is 5.82 Å². The quantitative estimate of drug-likeness (QED) is 0.539. The van der Waals surface area contributed by atoms with Crippen molar-refractivity contribution in [2.75, 3.05) is 0 Å². The molecular weight excluding hydrogens is 361 g/mol. The van der Waals surface area contributed by atoms with E-state index in [0.29, 0.717) is 0 Å². The Morgan fingerprint density at radius 1 is 1.09 bits per heavy atom. The van der Waals surface area contributed by atoms with Gasteiger partial charge >= 0.3 is 0 Å². The monoisotopic (exact) mass is 371 g/mol. The predicted octanol–water partition coefficient (Wildman–Crippen LogP) is 3.70. The van der Waals surface area contributed by atoms with Crippen LogP contribution in [0.15, 0.2) is 53.5 Å². The Bertz CT molecular complexity index is 1000. The normalized spacial score (nSPS) is 11.3. The Balaban J connectivity index is 1.97. The Morgan fingerprint density at radius 3 is 2.65 bits per heavy atom. The lowest BCUT2D eigenvalue weighted by atomic mass is 10.0. The zero-order valence-electron chi connectivity index (χ0n) is 12.1. The van der Waals surface area contributed by atoms with E-state index in [1.165, 1.54) is 12.1 Å². The summed E-state index contributed by atoms with van der Waals surface area (Å²) in [4.78, 5) is 4.41. The van der Waals surface area contributed by atoms with E-state index in [1.54, 1.807) is 33.7 Å². The molecule has 3 aromatic heterocycles. The van der Waals surface area contributed by atoms with Gasteiger partial charge in [0, 0.05) is 36.1 Å². The molecule has 0 saturated carbocycles. The van der Waals surface area contributed by atoms with Gasteiger partial charge in [-0.05, 0) is 46.3 Å². The molecular formula is C16H11BrFN5. The first-order valence-electron chi connectivity index (χ1n) is 6.91. The van der Waals surface area contributed by atoms with Crippen molar-refractivity contribution in [3.05, 3.63) is 59.3 Å². The van der Waals surface area contributed by atoms with Crippen molar-refractivity contribution >= 4 is 21.6 Å². The molecule has 0 fully saturated rings. The second kappa shape index (κ2) is 5.27. The highest BCUT2D eigenvalue weighted by molar-refractivity contribution is 9.10.